The number of hydrogen-bond acceptors (Lipinski definition) is 4. The molecule has 1 atom stereocenters. The number of sulfonamides is 1. The van der Waals surface area contributed by atoms with Crippen LogP contribution in [0.2, 0.25) is 0 Å². The van der Waals surface area contributed by atoms with Gasteiger partial charge in [0.05, 0.1) is 10.9 Å². The molecule has 6 nitrogen and oxygen atoms in total. The van der Waals surface area contributed by atoms with E-state index in [0.29, 0.717) is 37.0 Å². The molecule has 0 spiro atoms. The van der Waals surface area contributed by atoms with Crippen LogP contribution in [0.25, 0.3) is 0 Å². The van der Waals surface area contributed by atoms with Gasteiger partial charge >= 0.3 is 0 Å². The Hall–Kier alpha value is -1.44. The molecule has 0 unspecified atom stereocenters. The van der Waals surface area contributed by atoms with Gasteiger partial charge in [-0.2, -0.15) is 4.31 Å². The van der Waals surface area contributed by atoms with Crippen molar-refractivity contribution in [2.24, 2.45) is 5.92 Å². The van der Waals surface area contributed by atoms with Gasteiger partial charge in [0.15, 0.2) is 0 Å². The van der Waals surface area contributed by atoms with Crippen molar-refractivity contribution < 1.29 is 13.2 Å². The molecule has 0 aromatic heterocycles. The summed E-state index contributed by atoms with van der Waals surface area (Å²) < 4.78 is 26.9. The van der Waals surface area contributed by atoms with E-state index in [2.05, 4.69) is 10.2 Å². The van der Waals surface area contributed by atoms with Crippen LogP contribution in [-0.2, 0) is 14.8 Å². The van der Waals surface area contributed by atoms with E-state index < -0.39 is 10.0 Å². The third-order valence-electron chi connectivity index (χ3n) is 5.87. The first kappa shape index (κ1) is 20.3. The number of benzene rings is 1. The van der Waals surface area contributed by atoms with Crippen molar-refractivity contribution in [1.29, 1.82) is 0 Å². The molecule has 2 fully saturated rings. The third kappa shape index (κ3) is 5.09. The fourth-order valence-electron chi connectivity index (χ4n) is 4.02. The van der Waals surface area contributed by atoms with Gasteiger partial charge in [-0.25, -0.2) is 8.42 Å². The average Bonchev–Trinajstić information content (AvgIpc) is 2.73. The van der Waals surface area contributed by atoms with Crippen molar-refractivity contribution in [3.8, 4) is 0 Å². The standard InChI is InChI=1S/C20H31N3O3S/c1-17(20(24)21-16-18-8-4-2-5-9-18)22-12-14-23(15-13-22)27(25,26)19-10-6-3-7-11-19/h3,6-7,10-11,17-18H,2,4-5,8-9,12-16H2,1H3,(H,21,24)/t17-/m1/s1. The molecule has 1 aliphatic heterocycles. The number of piperazine rings is 1. The van der Waals surface area contributed by atoms with Gasteiger partial charge < -0.3 is 5.32 Å². The second-order valence-corrected chi connectivity index (χ2v) is 9.62. The van der Waals surface area contributed by atoms with E-state index in [9.17, 15) is 13.2 Å². The Balaban J connectivity index is 1.48. The Morgan fingerprint density at radius 1 is 1.07 bits per heavy atom. The molecule has 0 radical (unpaired) electrons. The zero-order valence-electron chi connectivity index (χ0n) is 16.1. The first-order chi connectivity index (χ1) is 13.0. The molecule has 2 aliphatic rings. The molecular weight excluding hydrogens is 362 g/mol. The molecule has 27 heavy (non-hydrogen) atoms. The van der Waals surface area contributed by atoms with Gasteiger partial charge in [-0.3, -0.25) is 9.69 Å². The van der Waals surface area contributed by atoms with Crippen LogP contribution in [0.1, 0.15) is 39.0 Å². The summed E-state index contributed by atoms with van der Waals surface area (Å²) >= 11 is 0. The Kier molecular flexibility index (Phi) is 6.89. The van der Waals surface area contributed by atoms with Gasteiger partial charge in [0, 0.05) is 32.7 Å². The highest BCUT2D eigenvalue weighted by molar-refractivity contribution is 7.89. The molecule has 3 rings (SSSR count). The topological polar surface area (TPSA) is 69.7 Å². The molecule has 1 saturated carbocycles. The van der Waals surface area contributed by atoms with Gasteiger partial charge in [0.25, 0.3) is 0 Å². The van der Waals surface area contributed by atoms with Gasteiger partial charge in [-0.1, -0.05) is 37.5 Å². The van der Waals surface area contributed by atoms with E-state index in [4.69, 9.17) is 0 Å². The van der Waals surface area contributed by atoms with Crippen LogP contribution in [0.15, 0.2) is 35.2 Å². The van der Waals surface area contributed by atoms with Crippen molar-refractivity contribution >= 4 is 15.9 Å². The summed E-state index contributed by atoms with van der Waals surface area (Å²) in [5.41, 5.74) is 0. The molecule has 0 bridgehead atoms. The Bertz CT molecular complexity index is 709. The maximum atomic E-state index is 12.7. The maximum Gasteiger partial charge on any atom is 0.243 e. The molecule has 1 aromatic carbocycles. The second kappa shape index (κ2) is 9.17. The molecule has 150 valence electrons. The Morgan fingerprint density at radius 3 is 2.33 bits per heavy atom. The highest BCUT2D eigenvalue weighted by atomic mass is 32.2. The first-order valence-corrected chi connectivity index (χ1v) is 11.5. The number of rotatable bonds is 6. The normalized spacial score (nSPS) is 21.7. The lowest BCUT2D eigenvalue weighted by molar-refractivity contribution is -0.126. The summed E-state index contributed by atoms with van der Waals surface area (Å²) in [5.74, 6) is 0.669. The van der Waals surface area contributed by atoms with E-state index in [0.717, 1.165) is 6.54 Å². The molecule has 1 aliphatic carbocycles. The molecule has 1 saturated heterocycles. The van der Waals surface area contributed by atoms with Crippen LogP contribution < -0.4 is 5.32 Å². The minimum atomic E-state index is -3.45. The third-order valence-corrected chi connectivity index (χ3v) is 7.78. The fourth-order valence-corrected chi connectivity index (χ4v) is 5.47. The largest absolute Gasteiger partial charge is 0.354 e. The molecule has 7 heteroatoms. The van der Waals surface area contributed by atoms with Crippen molar-refractivity contribution in [2.45, 2.75) is 50.0 Å². The van der Waals surface area contributed by atoms with Gasteiger partial charge in [-0.05, 0) is 37.8 Å². The maximum absolute atomic E-state index is 12.7. The van der Waals surface area contributed by atoms with E-state index >= 15 is 0 Å². The summed E-state index contributed by atoms with van der Waals surface area (Å²) in [4.78, 5) is 14.9. The number of nitrogens with zero attached hydrogens (tertiary/aromatic N) is 2. The van der Waals surface area contributed by atoms with Crippen LogP contribution in [0.3, 0.4) is 0 Å². The van der Waals surface area contributed by atoms with Gasteiger partial charge in [0.1, 0.15) is 0 Å². The Morgan fingerprint density at radius 2 is 1.70 bits per heavy atom. The van der Waals surface area contributed by atoms with Crippen molar-refractivity contribution in [3.63, 3.8) is 0 Å². The summed E-state index contributed by atoms with van der Waals surface area (Å²) in [6, 6.07) is 8.32. The molecular formula is C20H31N3O3S. The van der Waals surface area contributed by atoms with Crippen LogP contribution in [-0.4, -0.2) is 62.3 Å². The van der Waals surface area contributed by atoms with E-state index in [1.54, 1.807) is 24.3 Å². The first-order valence-electron chi connectivity index (χ1n) is 10.1. The van der Waals surface area contributed by atoms with Gasteiger partial charge in [0.2, 0.25) is 15.9 Å². The highest BCUT2D eigenvalue weighted by Crippen LogP contribution is 2.23. The van der Waals surface area contributed by atoms with Crippen LogP contribution in [0.4, 0.5) is 0 Å². The summed E-state index contributed by atoms with van der Waals surface area (Å²) in [7, 11) is -3.45. The number of carbonyl (C=O) groups is 1. The highest BCUT2D eigenvalue weighted by Gasteiger charge is 2.31. The fraction of sp³-hybridized carbons (Fsp3) is 0.650. The van der Waals surface area contributed by atoms with E-state index in [1.807, 2.05) is 13.0 Å². The smallest absolute Gasteiger partial charge is 0.243 e. The van der Waals surface area contributed by atoms with Crippen molar-refractivity contribution in [1.82, 2.24) is 14.5 Å². The summed E-state index contributed by atoms with van der Waals surface area (Å²) in [6.07, 6.45) is 6.29. The number of carbonyl (C=O) groups excluding carboxylic acids is 1. The monoisotopic (exact) mass is 393 g/mol. The zero-order chi connectivity index (χ0) is 19.3. The predicted molar refractivity (Wildman–Crippen MR) is 106 cm³/mol. The quantitative estimate of drug-likeness (QED) is 0.803. The molecule has 1 amide bonds. The number of amides is 1. The summed E-state index contributed by atoms with van der Waals surface area (Å²) in [6.45, 7) is 4.66. The Labute approximate surface area is 163 Å². The van der Waals surface area contributed by atoms with Crippen molar-refractivity contribution in [3.05, 3.63) is 30.3 Å². The van der Waals surface area contributed by atoms with Crippen LogP contribution in [0.5, 0.6) is 0 Å². The zero-order valence-corrected chi connectivity index (χ0v) is 17.0. The summed E-state index contributed by atoms with van der Waals surface area (Å²) in [5, 5.41) is 3.10. The molecule has 1 N–H and O–H groups in total. The lowest BCUT2D eigenvalue weighted by Gasteiger charge is -2.37. The minimum Gasteiger partial charge on any atom is -0.354 e. The van der Waals surface area contributed by atoms with E-state index in [1.165, 1.54) is 36.4 Å². The van der Waals surface area contributed by atoms with Crippen molar-refractivity contribution in [2.75, 3.05) is 32.7 Å². The van der Waals surface area contributed by atoms with Crippen LogP contribution >= 0.6 is 0 Å². The van der Waals surface area contributed by atoms with Crippen LogP contribution in [0, 0.1) is 5.92 Å². The van der Waals surface area contributed by atoms with Gasteiger partial charge in [-0.15, -0.1) is 0 Å². The minimum absolute atomic E-state index is 0.0555. The predicted octanol–water partition coefficient (Wildman–Crippen LogP) is 2.08. The lowest BCUT2D eigenvalue weighted by atomic mass is 9.89. The second-order valence-electron chi connectivity index (χ2n) is 7.68. The number of nitrogens with one attached hydrogen (secondary N) is 1. The number of hydrogen-bond donors (Lipinski definition) is 1. The lowest BCUT2D eigenvalue weighted by Crippen LogP contribution is -2.55. The van der Waals surface area contributed by atoms with E-state index in [-0.39, 0.29) is 11.9 Å². The molecule has 1 heterocycles. The molecule has 1 aromatic rings. The SMILES string of the molecule is C[C@H](C(=O)NCC1CCCCC1)N1CCN(S(=O)(=O)c2ccccc2)CC1. The average molecular weight is 394 g/mol.